The van der Waals surface area contributed by atoms with Gasteiger partial charge in [0.05, 0.1) is 13.2 Å². The van der Waals surface area contributed by atoms with Gasteiger partial charge < -0.3 is 4.28 Å². The zero-order valence-electron chi connectivity index (χ0n) is 46.6. The molecule has 1 fully saturated rings. The van der Waals surface area contributed by atoms with Gasteiger partial charge in [0.25, 0.3) is 0 Å². The number of hydrogen-bond donors (Lipinski definition) is 0. The van der Waals surface area contributed by atoms with Crippen LogP contribution >= 0.6 is 0 Å². The third-order valence-corrected chi connectivity index (χ3v) is 15.2. The Morgan fingerprint density at radius 2 is 0.589 bits per heavy atom. The molecule has 0 spiro atoms. The van der Waals surface area contributed by atoms with E-state index in [2.05, 4.69) is 160 Å². The zero-order valence-corrected chi connectivity index (χ0v) is 46.6. The van der Waals surface area contributed by atoms with Gasteiger partial charge in [-0.15, -0.1) is 10.9 Å². The Kier molecular flexibility index (Phi) is 17.8. The minimum absolute atomic E-state index is 0.0912. The number of benzene rings is 8. The monoisotopic (exact) mass is 963 g/mol. The van der Waals surface area contributed by atoms with Crippen LogP contribution in [0, 0.1) is 0 Å². The average molecular weight is 963 g/mol. The van der Waals surface area contributed by atoms with Crippen molar-refractivity contribution in [3.63, 3.8) is 0 Å². The van der Waals surface area contributed by atoms with E-state index in [9.17, 15) is 0 Å². The molecule has 8 aromatic rings. The number of hydrogen-bond acceptors (Lipinski definition) is 0. The van der Waals surface area contributed by atoms with E-state index >= 15 is 0 Å². The summed E-state index contributed by atoms with van der Waals surface area (Å²) >= 11 is 0. The minimum atomic E-state index is -1.21. The lowest BCUT2D eigenvalue weighted by molar-refractivity contribution is 0.0464. The molecule has 376 valence electrons. The maximum Gasteiger partial charge on any atom is 0.349 e. The molecule has 1 nitrogen and oxygen atoms in total. The molecule has 11 rings (SSSR count). The first-order valence-corrected chi connectivity index (χ1v) is 27.2. The summed E-state index contributed by atoms with van der Waals surface area (Å²) in [6.07, 6.45) is 3.57. The molecule has 0 saturated carbocycles. The molecule has 0 N–H and O–H groups in total. The van der Waals surface area contributed by atoms with Crippen LogP contribution in [0.25, 0.3) is 22.3 Å². The van der Waals surface area contributed by atoms with Gasteiger partial charge in [0.2, 0.25) is 6.71 Å². The highest BCUT2D eigenvalue weighted by atomic mass is 16.7. The van der Waals surface area contributed by atoms with Crippen molar-refractivity contribution in [1.82, 2.24) is 0 Å². The summed E-state index contributed by atoms with van der Waals surface area (Å²) in [6.45, 7) is 31.0. The summed E-state index contributed by atoms with van der Waals surface area (Å²) in [6, 6.07) is 77.8. The van der Waals surface area contributed by atoms with Crippen molar-refractivity contribution >= 4 is 34.9 Å². The van der Waals surface area contributed by atoms with E-state index in [1.54, 1.807) is 10.9 Å². The smallest absolute Gasteiger partial charge is 0.349 e. The van der Waals surface area contributed by atoms with Gasteiger partial charge in [-0.2, -0.15) is 0 Å². The van der Waals surface area contributed by atoms with Gasteiger partial charge in [0, 0.05) is 12.8 Å². The van der Waals surface area contributed by atoms with E-state index in [-0.39, 0.29) is 21.7 Å². The Hall–Kier alpha value is -6.15. The fourth-order valence-electron chi connectivity index (χ4n) is 10.9. The van der Waals surface area contributed by atoms with E-state index in [0.29, 0.717) is 6.71 Å². The van der Waals surface area contributed by atoms with Gasteiger partial charge in [-0.1, -0.05) is 325 Å². The first kappa shape index (κ1) is 54.6. The van der Waals surface area contributed by atoms with Crippen molar-refractivity contribution < 1.29 is 4.28 Å². The molecule has 3 heteroatoms. The van der Waals surface area contributed by atoms with Crippen LogP contribution in [-0.2, 0) is 25.9 Å². The molecule has 0 aromatic heterocycles. The molecular formula is C70H84B2O. The van der Waals surface area contributed by atoms with Crippen molar-refractivity contribution in [3.8, 4) is 22.3 Å². The highest BCUT2D eigenvalue weighted by molar-refractivity contribution is 7.03. The molecule has 0 unspecified atom stereocenters. The van der Waals surface area contributed by atoms with E-state index in [4.69, 9.17) is 0 Å². The first-order chi connectivity index (χ1) is 34.8. The summed E-state index contributed by atoms with van der Waals surface area (Å²) < 4.78 is 4.09. The zero-order chi connectivity index (χ0) is 52.3. The molecule has 0 aliphatic carbocycles. The predicted octanol–water partition coefficient (Wildman–Crippen LogP) is 16.3. The molecule has 0 atom stereocenters. The van der Waals surface area contributed by atoms with Crippen molar-refractivity contribution in [2.75, 3.05) is 13.2 Å². The molecule has 3 heterocycles. The number of rotatable bonds is 4. The molecule has 73 heavy (non-hydrogen) atoms. The Morgan fingerprint density at radius 3 is 0.849 bits per heavy atom. The van der Waals surface area contributed by atoms with Crippen LogP contribution in [0.15, 0.2) is 218 Å². The largest absolute Gasteiger partial charge is 0.664 e. The predicted molar refractivity (Wildman–Crippen MR) is 324 cm³/mol. The Morgan fingerprint density at radius 1 is 0.342 bits per heavy atom. The lowest BCUT2D eigenvalue weighted by atomic mass is 9.26. The molecular weight excluding hydrogens is 878 g/mol. The summed E-state index contributed by atoms with van der Waals surface area (Å²) in [4.78, 5) is 0. The molecule has 0 amide bonds. The normalized spacial score (nSPS) is 14.2. The molecule has 0 radical (unpaired) electrons. The Balaban J connectivity index is 0.000000262. The topological polar surface area (TPSA) is 2.70 Å². The van der Waals surface area contributed by atoms with Crippen LogP contribution in [0.1, 0.15) is 118 Å². The van der Waals surface area contributed by atoms with Crippen molar-refractivity contribution in [3.05, 3.63) is 241 Å². The van der Waals surface area contributed by atoms with Crippen LogP contribution in [0.2, 0.25) is 12.6 Å². The van der Waals surface area contributed by atoms with Crippen LogP contribution in [-0.4, -0.2) is 26.3 Å². The second-order valence-corrected chi connectivity index (χ2v) is 24.6. The fourth-order valence-corrected chi connectivity index (χ4v) is 10.9. The standard InChI is InChI=1S/C46H60B2O.4C6H6/c1-43(2,3)31-15-19-35-36-20-16-32(44(4,5)6)28-40(36)47(39(35)27-31)23-24-48(49-25-13-14-26-49)41-29-33(45(7,8)9)17-21-37(41)38-22-18-34(30-42(38)48)46(10,11)12;4*1-2-4-6-5-3-1/h15-22,27-30H,13-14,23-26H2,1-12H3;4*1-6H. The lowest BCUT2D eigenvalue weighted by Gasteiger charge is -2.45. The quantitative estimate of drug-likeness (QED) is 0.122. The van der Waals surface area contributed by atoms with Gasteiger partial charge in [0.1, 0.15) is 0 Å². The fraction of sp³-hybridized carbons (Fsp3) is 0.314. The molecule has 8 aromatic carbocycles. The summed E-state index contributed by atoms with van der Waals surface area (Å²) in [7, 11) is 0. The van der Waals surface area contributed by atoms with Gasteiger partial charge >= 0.3 is 6.35 Å². The second-order valence-electron chi connectivity index (χ2n) is 24.6. The highest BCUT2D eigenvalue weighted by Crippen LogP contribution is 2.42. The Bertz CT molecular complexity index is 2570. The van der Waals surface area contributed by atoms with Crippen LogP contribution in [0.3, 0.4) is 0 Å². The van der Waals surface area contributed by atoms with E-state index < -0.39 is 6.35 Å². The summed E-state index contributed by atoms with van der Waals surface area (Å²) in [5.41, 5.74) is 18.2. The van der Waals surface area contributed by atoms with Gasteiger partial charge in [-0.05, 0) is 66.2 Å². The second kappa shape index (κ2) is 23.8. The SMILES string of the molecule is CC(C)(C)c1ccc2c(c1)B(CC[B-]1([O+]3CCCC3)c3cc(C(C)(C)C)ccc3-c3ccc(C(C)(C)C)cc31)c1cc(C(C)(C)C)ccc1-2.c1ccccc1.c1ccccc1.c1ccccc1.c1ccccc1. The lowest BCUT2D eigenvalue weighted by Crippen LogP contribution is -2.64. The van der Waals surface area contributed by atoms with Gasteiger partial charge in [-0.25, -0.2) is 0 Å². The van der Waals surface area contributed by atoms with Crippen molar-refractivity contribution in [2.45, 2.75) is 130 Å². The maximum atomic E-state index is 4.09. The molecule has 3 aliphatic heterocycles. The highest BCUT2D eigenvalue weighted by Gasteiger charge is 2.52. The molecule has 3 aliphatic rings. The summed E-state index contributed by atoms with van der Waals surface area (Å²) in [5, 5.41) is 0. The summed E-state index contributed by atoms with van der Waals surface area (Å²) in [5.74, 6) is 0. The van der Waals surface area contributed by atoms with E-state index in [0.717, 1.165) is 25.9 Å². The molecule has 0 bridgehead atoms. The van der Waals surface area contributed by atoms with E-state index in [1.807, 2.05) is 146 Å². The van der Waals surface area contributed by atoms with E-state index in [1.165, 1.54) is 68.3 Å². The average Bonchev–Trinajstić information content (AvgIpc) is 4.12. The minimum Gasteiger partial charge on any atom is -0.664 e. The van der Waals surface area contributed by atoms with Crippen molar-refractivity contribution in [2.24, 2.45) is 0 Å². The van der Waals surface area contributed by atoms with Gasteiger partial charge in [-0.3, -0.25) is 0 Å². The maximum absolute atomic E-state index is 4.09. The number of fused-ring (bicyclic) bond motifs is 6. The third-order valence-electron chi connectivity index (χ3n) is 15.2. The van der Waals surface area contributed by atoms with Crippen LogP contribution in [0.4, 0.5) is 0 Å². The first-order valence-electron chi connectivity index (χ1n) is 27.2. The van der Waals surface area contributed by atoms with Crippen molar-refractivity contribution in [1.29, 1.82) is 0 Å². The van der Waals surface area contributed by atoms with Crippen LogP contribution in [0.5, 0.6) is 0 Å². The third kappa shape index (κ3) is 13.5. The Labute approximate surface area is 443 Å². The van der Waals surface area contributed by atoms with Crippen LogP contribution < -0.4 is 21.9 Å². The molecule has 1 saturated heterocycles. The van der Waals surface area contributed by atoms with Gasteiger partial charge in [0.15, 0.2) is 0 Å².